The Morgan fingerprint density at radius 2 is 0.671 bits per heavy atom. The van der Waals surface area contributed by atoms with Crippen LogP contribution < -0.4 is 4.90 Å². The maximum Gasteiger partial charge on any atom is 0.0726 e. The highest BCUT2D eigenvalue weighted by Crippen LogP contribution is 2.64. The average molecular weight is 962 g/mol. The van der Waals surface area contributed by atoms with Crippen LogP contribution in [-0.2, 0) is 5.41 Å². The number of fused-ring (bicyclic) bond motifs is 19. The molecule has 0 saturated carbocycles. The molecule has 0 fully saturated rings. The third kappa shape index (κ3) is 6.21. The van der Waals surface area contributed by atoms with Gasteiger partial charge < -0.3 is 4.90 Å². The molecule has 0 radical (unpaired) electrons. The molecule has 76 heavy (non-hydrogen) atoms. The summed E-state index contributed by atoms with van der Waals surface area (Å²) in [5.74, 6) is 0. The van der Waals surface area contributed by atoms with E-state index in [1.54, 1.807) is 0 Å². The van der Waals surface area contributed by atoms with Crippen molar-refractivity contribution in [3.63, 3.8) is 0 Å². The summed E-state index contributed by atoms with van der Waals surface area (Å²) < 4.78 is 0. The van der Waals surface area contributed by atoms with E-state index in [9.17, 15) is 0 Å². The van der Waals surface area contributed by atoms with Crippen molar-refractivity contribution in [3.8, 4) is 55.6 Å². The first-order chi connectivity index (χ1) is 37.7. The van der Waals surface area contributed by atoms with Crippen LogP contribution in [0.2, 0.25) is 0 Å². The highest BCUT2D eigenvalue weighted by atomic mass is 15.1. The molecule has 0 saturated heterocycles. The van der Waals surface area contributed by atoms with E-state index >= 15 is 0 Å². The van der Waals surface area contributed by atoms with Crippen LogP contribution in [0, 0.1) is 0 Å². The fraction of sp³-hybridized carbons (Fsp3) is 0.0133. The zero-order valence-corrected chi connectivity index (χ0v) is 41.6. The zero-order chi connectivity index (χ0) is 49.9. The van der Waals surface area contributed by atoms with E-state index < -0.39 is 5.41 Å². The predicted molar refractivity (Wildman–Crippen MR) is 321 cm³/mol. The molecular weight excluding hydrogens is 915 g/mol. The van der Waals surface area contributed by atoms with Crippen molar-refractivity contribution < 1.29 is 0 Å². The van der Waals surface area contributed by atoms with Gasteiger partial charge in [0.25, 0.3) is 0 Å². The second kappa shape index (κ2) is 16.6. The lowest BCUT2D eigenvalue weighted by atomic mass is 9.70. The molecule has 2 aliphatic rings. The lowest BCUT2D eigenvalue weighted by molar-refractivity contribution is 0.794. The van der Waals surface area contributed by atoms with E-state index in [1.165, 1.54) is 121 Å². The van der Waals surface area contributed by atoms with Crippen molar-refractivity contribution in [1.29, 1.82) is 0 Å². The molecule has 0 atom stereocenters. The third-order valence-electron chi connectivity index (χ3n) is 16.8. The van der Waals surface area contributed by atoms with Gasteiger partial charge in [0.1, 0.15) is 0 Å². The summed E-state index contributed by atoms with van der Waals surface area (Å²) in [4.78, 5) is 2.55. The Morgan fingerprint density at radius 1 is 0.211 bits per heavy atom. The molecule has 2 aliphatic carbocycles. The van der Waals surface area contributed by atoms with E-state index in [4.69, 9.17) is 0 Å². The minimum absolute atomic E-state index is 0.534. The third-order valence-corrected chi connectivity index (χ3v) is 16.8. The Kier molecular flexibility index (Phi) is 9.32. The smallest absolute Gasteiger partial charge is 0.0726 e. The Hall–Kier alpha value is -9.82. The first-order valence-electron chi connectivity index (χ1n) is 26.5. The van der Waals surface area contributed by atoms with Gasteiger partial charge in [-0.1, -0.05) is 243 Å². The van der Waals surface area contributed by atoms with Crippen LogP contribution in [0.15, 0.2) is 285 Å². The van der Waals surface area contributed by atoms with Crippen LogP contribution in [0.5, 0.6) is 0 Å². The fourth-order valence-corrected chi connectivity index (χ4v) is 13.5. The van der Waals surface area contributed by atoms with E-state index in [1.807, 2.05) is 0 Å². The van der Waals surface area contributed by atoms with E-state index in [2.05, 4.69) is 290 Å². The molecule has 14 aromatic rings. The topological polar surface area (TPSA) is 3.24 Å². The van der Waals surface area contributed by atoms with Gasteiger partial charge in [-0.25, -0.2) is 0 Å². The average Bonchev–Trinajstić information content (AvgIpc) is 4.04. The van der Waals surface area contributed by atoms with Crippen molar-refractivity contribution in [3.05, 3.63) is 307 Å². The monoisotopic (exact) mass is 961 g/mol. The molecule has 0 amide bonds. The summed E-state index contributed by atoms with van der Waals surface area (Å²) in [6.45, 7) is 0. The molecule has 0 bridgehead atoms. The number of anilines is 3. The Labute approximate surface area is 441 Å². The molecule has 0 unspecified atom stereocenters. The summed E-state index contributed by atoms with van der Waals surface area (Å²) in [7, 11) is 0. The van der Waals surface area contributed by atoms with Crippen molar-refractivity contribution in [2.75, 3.05) is 4.90 Å². The van der Waals surface area contributed by atoms with Crippen LogP contribution in [-0.4, -0.2) is 0 Å². The highest BCUT2D eigenvalue weighted by Gasteiger charge is 2.52. The van der Waals surface area contributed by atoms with Gasteiger partial charge in [0.2, 0.25) is 0 Å². The van der Waals surface area contributed by atoms with Gasteiger partial charge in [-0.2, -0.15) is 0 Å². The number of hydrogen-bond acceptors (Lipinski definition) is 1. The molecule has 352 valence electrons. The minimum Gasteiger partial charge on any atom is -0.310 e. The fourth-order valence-electron chi connectivity index (χ4n) is 13.5. The standard InChI is InChI=1S/C75H47N/c1-2-17-48(18-3-1)52-20-16-21-55(44-52)76(56-40-42-63-61-25-7-6-23-59(61)60-24-8-9-26-62(60)68(63)45-56)74-47-73-69(66-29-12-15-32-72(66)75(73)70-30-13-10-27-64(70)65-28-11-14-31-71(65)75)46-67(74)51-35-33-49(34-36-51)53-39-41-58-54(43-53)38-37-50-19-4-5-22-57(50)58/h1-47H. The summed E-state index contributed by atoms with van der Waals surface area (Å²) >= 11 is 0. The quantitative estimate of drug-likeness (QED) is 0.150. The second-order valence-corrected chi connectivity index (χ2v) is 20.7. The van der Waals surface area contributed by atoms with Crippen LogP contribution in [0.25, 0.3) is 109 Å². The molecule has 1 spiro atoms. The van der Waals surface area contributed by atoms with E-state index in [0.717, 1.165) is 28.2 Å². The van der Waals surface area contributed by atoms with Crippen molar-refractivity contribution in [2.45, 2.75) is 5.41 Å². The summed E-state index contributed by atoms with van der Waals surface area (Å²) in [5, 5.41) is 12.6. The molecular formula is C75H47N. The Morgan fingerprint density at radius 3 is 1.36 bits per heavy atom. The highest BCUT2D eigenvalue weighted by molar-refractivity contribution is 6.26. The summed E-state index contributed by atoms with van der Waals surface area (Å²) in [5.41, 5.74) is 20.2. The lowest BCUT2D eigenvalue weighted by Crippen LogP contribution is -2.26. The molecule has 1 heteroatoms. The van der Waals surface area contributed by atoms with E-state index in [0.29, 0.717) is 0 Å². The van der Waals surface area contributed by atoms with E-state index in [-0.39, 0.29) is 0 Å². The van der Waals surface area contributed by atoms with Crippen LogP contribution >= 0.6 is 0 Å². The molecule has 16 rings (SSSR count). The SMILES string of the molecule is c1ccc(-c2cccc(N(c3ccc4c5ccccc5c5ccccc5c4c3)c3cc4c(cc3-c3ccc(-c5ccc6c(ccc7ccccc76)c5)cc3)-c3ccccc3C43c4ccccc4-c4ccccc43)c2)cc1. The molecule has 14 aromatic carbocycles. The summed E-state index contributed by atoms with van der Waals surface area (Å²) in [6, 6.07) is 107. The zero-order valence-electron chi connectivity index (χ0n) is 41.6. The van der Waals surface area contributed by atoms with Gasteiger partial charge in [-0.3, -0.25) is 0 Å². The summed E-state index contributed by atoms with van der Waals surface area (Å²) in [6.07, 6.45) is 0. The second-order valence-electron chi connectivity index (χ2n) is 20.7. The molecule has 1 nitrogen and oxygen atoms in total. The number of rotatable bonds is 6. The molecule has 0 aliphatic heterocycles. The van der Waals surface area contributed by atoms with Gasteiger partial charge >= 0.3 is 0 Å². The van der Waals surface area contributed by atoms with Gasteiger partial charge in [-0.15, -0.1) is 0 Å². The van der Waals surface area contributed by atoms with Crippen molar-refractivity contribution in [1.82, 2.24) is 0 Å². The largest absolute Gasteiger partial charge is 0.310 e. The number of nitrogens with zero attached hydrogens (tertiary/aromatic N) is 1. The van der Waals surface area contributed by atoms with Crippen molar-refractivity contribution in [2.24, 2.45) is 0 Å². The first-order valence-corrected chi connectivity index (χ1v) is 26.5. The van der Waals surface area contributed by atoms with Crippen LogP contribution in [0.3, 0.4) is 0 Å². The molecule has 0 heterocycles. The van der Waals surface area contributed by atoms with Crippen molar-refractivity contribution >= 4 is 70.9 Å². The minimum atomic E-state index is -0.534. The Bertz CT molecular complexity index is 4620. The number of hydrogen-bond donors (Lipinski definition) is 0. The van der Waals surface area contributed by atoms with Gasteiger partial charge in [-0.05, 0) is 169 Å². The van der Waals surface area contributed by atoms with Crippen LogP contribution in [0.4, 0.5) is 17.1 Å². The first kappa shape index (κ1) is 42.7. The number of benzene rings is 14. The Balaban J connectivity index is 0.984. The molecule has 0 N–H and O–H groups in total. The van der Waals surface area contributed by atoms with Crippen LogP contribution in [0.1, 0.15) is 22.3 Å². The normalized spacial score (nSPS) is 12.8. The van der Waals surface area contributed by atoms with Gasteiger partial charge in [0, 0.05) is 16.9 Å². The maximum absolute atomic E-state index is 2.57. The van der Waals surface area contributed by atoms with Gasteiger partial charge in [0.05, 0.1) is 11.1 Å². The van der Waals surface area contributed by atoms with Gasteiger partial charge in [0.15, 0.2) is 0 Å². The predicted octanol–water partition coefficient (Wildman–Crippen LogP) is 20.3. The molecule has 0 aromatic heterocycles. The lowest BCUT2D eigenvalue weighted by Gasteiger charge is -2.33. The maximum atomic E-state index is 2.57.